The van der Waals surface area contributed by atoms with Gasteiger partial charge in [0, 0.05) is 13.0 Å². The van der Waals surface area contributed by atoms with Crippen LogP contribution in [0.2, 0.25) is 0 Å². The monoisotopic (exact) mass is 293 g/mol. The van der Waals surface area contributed by atoms with Gasteiger partial charge in [0.15, 0.2) is 0 Å². The molecule has 2 fully saturated rings. The van der Waals surface area contributed by atoms with Gasteiger partial charge in [-0.25, -0.2) is 0 Å². The summed E-state index contributed by atoms with van der Waals surface area (Å²) in [4.78, 5) is 11.8. The number of hydrogen-bond acceptors (Lipinski definition) is 9. The van der Waals surface area contributed by atoms with Gasteiger partial charge in [-0.2, -0.15) is 0 Å². The molecule has 0 spiro atoms. The zero-order chi connectivity index (χ0) is 14.9. The second-order valence-electron chi connectivity index (χ2n) is 4.98. The highest BCUT2D eigenvalue weighted by atomic mass is 16.7. The molecule has 0 saturated carbocycles. The number of carbonyl (C=O) groups is 1. The molecule has 0 aromatic rings. The first-order valence-electron chi connectivity index (χ1n) is 6.36. The van der Waals surface area contributed by atoms with E-state index in [0.29, 0.717) is 0 Å². The molecule has 2 aliphatic rings. The lowest BCUT2D eigenvalue weighted by atomic mass is 9.99. The van der Waals surface area contributed by atoms with Gasteiger partial charge in [-0.3, -0.25) is 4.79 Å². The van der Waals surface area contributed by atoms with Crippen LogP contribution in [0, 0.1) is 0 Å². The van der Waals surface area contributed by atoms with E-state index >= 15 is 0 Å². The molecule has 7 atom stereocenters. The standard InChI is InChI=1S/C11H19NO8/c13-3-6-7(15)8(16)9(17)11(19-6)20-10(18)5-1-4(14)2-12-5/h4-9,11-17H,1-3H2/t4-,5+,6-,7+,8+,9-,11?/m1/s1. The third-order valence-corrected chi connectivity index (χ3v) is 3.47. The number of hydrogen-bond donors (Lipinski definition) is 6. The third kappa shape index (κ3) is 3.09. The Morgan fingerprint density at radius 3 is 2.45 bits per heavy atom. The number of aliphatic hydroxyl groups is 5. The van der Waals surface area contributed by atoms with Crippen molar-refractivity contribution in [3.63, 3.8) is 0 Å². The molecule has 9 nitrogen and oxygen atoms in total. The van der Waals surface area contributed by atoms with Gasteiger partial charge in [0.25, 0.3) is 0 Å². The summed E-state index contributed by atoms with van der Waals surface area (Å²) >= 11 is 0. The molecule has 0 bridgehead atoms. The Bertz CT molecular complexity index is 351. The van der Waals surface area contributed by atoms with E-state index in [-0.39, 0.29) is 13.0 Å². The highest BCUT2D eigenvalue weighted by Crippen LogP contribution is 2.22. The van der Waals surface area contributed by atoms with Crippen LogP contribution in [0.4, 0.5) is 0 Å². The van der Waals surface area contributed by atoms with Crippen LogP contribution in [0.15, 0.2) is 0 Å². The van der Waals surface area contributed by atoms with Gasteiger partial charge in [-0.1, -0.05) is 0 Å². The van der Waals surface area contributed by atoms with E-state index in [0.717, 1.165) is 0 Å². The van der Waals surface area contributed by atoms with Crippen LogP contribution in [0.3, 0.4) is 0 Å². The fraction of sp³-hybridized carbons (Fsp3) is 0.909. The molecule has 6 N–H and O–H groups in total. The lowest BCUT2D eigenvalue weighted by Crippen LogP contribution is -2.60. The Kier molecular flexibility index (Phi) is 4.91. The van der Waals surface area contributed by atoms with Crippen molar-refractivity contribution in [3.05, 3.63) is 0 Å². The van der Waals surface area contributed by atoms with E-state index in [4.69, 9.17) is 14.6 Å². The van der Waals surface area contributed by atoms with Crippen molar-refractivity contribution < 1.29 is 39.8 Å². The number of aliphatic hydroxyl groups excluding tert-OH is 5. The molecule has 0 amide bonds. The third-order valence-electron chi connectivity index (χ3n) is 3.47. The van der Waals surface area contributed by atoms with Gasteiger partial charge in [-0.15, -0.1) is 0 Å². The number of nitrogens with one attached hydrogen (secondary N) is 1. The molecule has 116 valence electrons. The highest BCUT2D eigenvalue weighted by molar-refractivity contribution is 5.76. The maximum Gasteiger partial charge on any atom is 0.325 e. The highest BCUT2D eigenvalue weighted by Gasteiger charge is 2.46. The Hall–Kier alpha value is -0.810. The number of β-amino-alcohol motifs (C(OH)–C–C–N with tert-alkyl or cyclic N) is 1. The summed E-state index contributed by atoms with van der Waals surface area (Å²) in [7, 11) is 0. The van der Waals surface area contributed by atoms with Crippen molar-refractivity contribution in [2.24, 2.45) is 0 Å². The first-order chi connectivity index (χ1) is 9.43. The summed E-state index contributed by atoms with van der Waals surface area (Å²) in [6, 6.07) is -0.725. The Balaban J connectivity index is 1.95. The van der Waals surface area contributed by atoms with Crippen LogP contribution in [0.1, 0.15) is 6.42 Å². The molecule has 20 heavy (non-hydrogen) atoms. The van der Waals surface area contributed by atoms with Crippen molar-refractivity contribution in [2.75, 3.05) is 13.2 Å². The minimum absolute atomic E-state index is 0.177. The minimum atomic E-state index is -1.62. The summed E-state index contributed by atoms with van der Waals surface area (Å²) in [5.74, 6) is -0.745. The average molecular weight is 293 g/mol. The second kappa shape index (κ2) is 6.31. The molecular formula is C11H19NO8. The molecule has 0 aliphatic carbocycles. The lowest BCUT2D eigenvalue weighted by molar-refractivity contribution is -0.293. The summed E-state index contributed by atoms with van der Waals surface area (Å²) < 4.78 is 9.96. The van der Waals surface area contributed by atoms with Gasteiger partial charge in [0.05, 0.1) is 12.7 Å². The van der Waals surface area contributed by atoms with Gasteiger partial charge in [0.1, 0.15) is 30.5 Å². The Labute approximate surface area is 114 Å². The topological polar surface area (TPSA) is 149 Å². The molecule has 2 rings (SSSR count). The van der Waals surface area contributed by atoms with Crippen LogP contribution in [0.25, 0.3) is 0 Å². The SMILES string of the molecule is O=C(OC1O[C@H](CO)[C@H](O)[C@H](O)[C@H]1O)[C@@H]1C[C@@H](O)CN1. The minimum Gasteiger partial charge on any atom is -0.432 e. The van der Waals surface area contributed by atoms with E-state index in [9.17, 15) is 25.2 Å². The van der Waals surface area contributed by atoms with Gasteiger partial charge >= 0.3 is 5.97 Å². The average Bonchev–Trinajstić information content (AvgIpc) is 2.86. The van der Waals surface area contributed by atoms with E-state index in [1.54, 1.807) is 0 Å². The molecule has 2 aliphatic heterocycles. The first-order valence-corrected chi connectivity index (χ1v) is 6.36. The predicted octanol–water partition coefficient (Wildman–Crippen LogP) is -3.95. The first kappa shape index (κ1) is 15.6. The lowest BCUT2D eigenvalue weighted by Gasteiger charge is -2.39. The van der Waals surface area contributed by atoms with Crippen molar-refractivity contribution in [2.45, 2.75) is 49.3 Å². The molecule has 0 aromatic heterocycles. The van der Waals surface area contributed by atoms with E-state index in [2.05, 4.69) is 5.32 Å². The van der Waals surface area contributed by atoms with Gasteiger partial charge < -0.3 is 40.3 Å². The van der Waals surface area contributed by atoms with E-state index in [1.165, 1.54) is 0 Å². The smallest absolute Gasteiger partial charge is 0.325 e. The summed E-state index contributed by atoms with van der Waals surface area (Å²) in [5, 5.41) is 49.9. The maximum atomic E-state index is 11.8. The zero-order valence-corrected chi connectivity index (χ0v) is 10.6. The van der Waals surface area contributed by atoms with E-state index in [1.807, 2.05) is 0 Å². The number of rotatable bonds is 3. The summed E-state index contributed by atoms with van der Waals surface area (Å²) in [6.07, 6.45) is -7.82. The molecular weight excluding hydrogens is 274 g/mol. The largest absolute Gasteiger partial charge is 0.432 e. The number of esters is 1. The van der Waals surface area contributed by atoms with Crippen LogP contribution >= 0.6 is 0 Å². The predicted molar refractivity (Wildman–Crippen MR) is 62.3 cm³/mol. The maximum absolute atomic E-state index is 11.8. The number of ether oxygens (including phenoxy) is 2. The van der Waals surface area contributed by atoms with Crippen molar-refractivity contribution in [3.8, 4) is 0 Å². The van der Waals surface area contributed by atoms with E-state index < -0.39 is 55.4 Å². The molecule has 2 heterocycles. The second-order valence-corrected chi connectivity index (χ2v) is 4.98. The van der Waals surface area contributed by atoms with Crippen LogP contribution in [-0.2, 0) is 14.3 Å². The molecule has 1 unspecified atom stereocenters. The van der Waals surface area contributed by atoms with Crippen LogP contribution in [0.5, 0.6) is 0 Å². The summed E-state index contributed by atoms with van der Waals surface area (Å²) in [5.41, 5.74) is 0. The molecule has 2 saturated heterocycles. The van der Waals surface area contributed by atoms with Gasteiger partial charge in [-0.05, 0) is 0 Å². The summed E-state index contributed by atoms with van der Waals surface area (Å²) in [6.45, 7) is -0.339. The van der Waals surface area contributed by atoms with Crippen LogP contribution in [-0.4, -0.2) is 87.5 Å². The fourth-order valence-electron chi connectivity index (χ4n) is 2.26. The van der Waals surface area contributed by atoms with Gasteiger partial charge in [0.2, 0.25) is 6.29 Å². The van der Waals surface area contributed by atoms with Crippen LogP contribution < -0.4 is 5.32 Å². The molecule has 0 aromatic carbocycles. The Morgan fingerprint density at radius 1 is 1.20 bits per heavy atom. The zero-order valence-electron chi connectivity index (χ0n) is 10.6. The molecule has 0 radical (unpaired) electrons. The van der Waals surface area contributed by atoms with Crippen molar-refractivity contribution >= 4 is 5.97 Å². The number of carbonyl (C=O) groups excluding carboxylic acids is 1. The Morgan fingerprint density at radius 2 is 1.90 bits per heavy atom. The fourth-order valence-corrected chi connectivity index (χ4v) is 2.26. The quantitative estimate of drug-likeness (QED) is 0.287. The van der Waals surface area contributed by atoms with Crippen molar-refractivity contribution in [1.29, 1.82) is 0 Å². The molecule has 9 heteroatoms. The van der Waals surface area contributed by atoms with Crippen molar-refractivity contribution in [1.82, 2.24) is 5.32 Å². The normalized spacial score (nSPS) is 45.4.